The number of unbranched alkanes of at least 4 members (excludes halogenated alkanes) is 5. The van der Waals surface area contributed by atoms with Crippen molar-refractivity contribution in [3.8, 4) is 0 Å². The quantitative estimate of drug-likeness (QED) is 0.417. The van der Waals surface area contributed by atoms with Crippen molar-refractivity contribution in [2.24, 2.45) is 0 Å². The number of aromatic nitrogens is 3. The van der Waals surface area contributed by atoms with Crippen molar-refractivity contribution in [3.63, 3.8) is 0 Å². The van der Waals surface area contributed by atoms with E-state index in [0.717, 1.165) is 3.83 Å². The average molecular weight is 377 g/mol. The highest BCUT2D eigenvalue weighted by Gasteiger charge is 2.28. The van der Waals surface area contributed by atoms with E-state index in [1.165, 1.54) is 57.8 Å². The van der Waals surface area contributed by atoms with E-state index in [0.29, 0.717) is 0 Å². The first-order chi connectivity index (χ1) is 9.14. The average Bonchev–Trinajstić information content (AvgIpc) is 2.83. The van der Waals surface area contributed by atoms with Gasteiger partial charge in [0.2, 0.25) is 0 Å². The van der Waals surface area contributed by atoms with E-state index in [1.54, 1.807) is 6.33 Å². The number of halogens is 1. The molecule has 1 rings (SSSR count). The summed E-state index contributed by atoms with van der Waals surface area (Å²) in [4.78, 5) is 4.29. The molecule has 0 aliphatic rings. The first-order valence-electron chi connectivity index (χ1n) is 7.70. The van der Waals surface area contributed by atoms with Crippen LogP contribution in [0, 0.1) is 3.83 Å². The lowest BCUT2D eigenvalue weighted by molar-refractivity contribution is 0.223. The molecule has 0 aliphatic heterocycles. The Morgan fingerprint density at radius 3 is 2.26 bits per heavy atom. The Kier molecular flexibility index (Phi) is 7.95. The standard InChI is InChI=1S/C15H28IN3/c1-4-6-8-9-10-12-15(3,11-7-5-2)19-14(16)17-13-18-19/h13H,4-12H2,1-3H3. The molecule has 0 radical (unpaired) electrons. The van der Waals surface area contributed by atoms with Crippen LogP contribution in [0.5, 0.6) is 0 Å². The Morgan fingerprint density at radius 1 is 1.05 bits per heavy atom. The van der Waals surface area contributed by atoms with Gasteiger partial charge >= 0.3 is 0 Å². The molecule has 1 heterocycles. The molecule has 0 saturated heterocycles. The first-order valence-corrected chi connectivity index (χ1v) is 8.78. The second kappa shape index (κ2) is 8.93. The zero-order valence-electron chi connectivity index (χ0n) is 12.7. The molecule has 3 nitrogen and oxygen atoms in total. The molecule has 0 N–H and O–H groups in total. The van der Waals surface area contributed by atoms with E-state index in [9.17, 15) is 0 Å². The van der Waals surface area contributed by atoms with E-state index >= 15 is 0 Å². The molecule has 0 spiro atoms. The van der Waals surface area contributed by atoms with E-state index < -0.39 is 0 Å². The molecule has 4 heteroatoms. The molecule has 110 valence electrons. The molecule has 1 unspecified atom stereocenters. The van der Waals surface area contributed by atoms with Gasteiger partial charge in [-0.1, -0.05) is 58.8 Å². The Labute approximate surface area is 131 Å². The Hall–Kier alpha value is -0.130. The monoisotopic (exact) mass is 377 g/mol. The lowest BCUT2D eigenvalue weighted by Crippen LogP contribution is -2.32. The second-order valence-corrected chi connectivity index (χ2v) is 6.67. The molecule has 0 fully saturated rings. The van der Waals surface area contributed by atoms with Crippen LogP contribution in [0.1, 0.15) is 78.6 Å². The molecule has 0 aliphatic carbocycles. The summed E-state index contributed by atoms with van der Waals surface area (Å²) in [6.45, 7) is 6.87. The molecular formula is C15H28IN3. The van der Waals surface area contributed by atoms with E-state index in [1.807, 2.05) is 0 Å². The Balaban J connectivity index is 2.58. The summed E-state index contributed by atoms with van der Waals surface area (Å²) in [6, 6.07) is 0. The van der Waals surface area contributed by atoms with E-state index in [-0.39, 0.29) is 5.54 Å². The van der Waals surface area contributed by atoms with Crippen molar-refractivity contribution >= 4 is 22.6 Å². The normalized spacial score (nSPS) is 14.5. The largest absolute Gasteiger partial charge is 0.235 e. The summed E-state index contributed by atoms with van der Waals surface area (Å²) < 4.78 is 3.16. The lowest BCUT2D eigenvalue weighted by atomic mass is 9.89. The van der Waals surface area contributed by atoms with Crippen LogP contribution >= 0.6 is 22.6 Å². The molecule has 0 amide bonds. The van der Waals surface area contributed by atoms with Gasteiger partial charge in [-0.2, -0.15) is 5.10 Å². The summed E-state index contributed by atoms with van der Waals surface area (Å²) in [5.74, 6) is 0. The highest BCUT2D eigenvalue weighted by molar-refractivity contribution is 14.1. The van der Waals surface area contributed by atoms with Gasteiger partial charge in [-0.15, -0.1) is 0 Å². The minimum absolute atomic E-state index is 0.148. The topological polar surface area (TPSA) is 30.7 Å². The fourth-order valence-electron chi connectivity index (χ4n) is 2.59. The van der Waals surface area contributed by atoms with E-state index in [4.69, 9.17) is 0 Å². The summed E-state index contributed by atoms with van der Waals surface area (Å²) in [6.07, 6.45) is 13.3. The molecule has 0 saturated carbocycles. The maximum Gasteiger partial charge on any atom is 0.189 e. The van der Waals surface area contributed by atoms with Gasteiger partial charge in [-0.25, -0.2) is 9.67 Å². The summed E-state index contributed by atoms with van der Waals surface area (Å²) >= 11 is 2.30. The van der Waals surface area contributed by atoms with Crippen LogP contribution in [-0.2, 0) is 5.54 Å². The van der Waals surface area contributed by atoms with Crippen LogP contribution in [0.3, 0.4) is 0 Å². The van der Waals surface area contributed by atoms with Gasteiger partial charge in [-0.3, -0.25) is 0 Å². The molecular weight excluding hydrogens is 349 g/mol. The molecule has 1 atom stereocenters. The molecule has 1 aromatic heterocycles. The number of hydrogen-bond acceptors (Lipinski definition) is 2. The lowest BCUT2D eigenvalue weighted by Gasteiger charge is -2.30. The molecule has 0 aromatic carbocycles. The van der Waals surface area contributed by atoms with Crippen LogP contribution in [0.4, 0.5) is 0 Å². The Bertz CT molecular complexity index is 351. The third-order valence-corrected chi connectivity index (χ3v) is 4.64. The zero-order chi connectivity index (χ0) is 14.1. The van der Waals surface area contributed by atoms with Gasteiger partial charge < -0.3 is 0 Å². The maximum absolute atomic E-state index is 4.45. The van der Waals surface area contributed by atoms with E-state index in [2.05, 4.69) is 58.1 Å². The van der Waals surface area contributed by atoms with Gasteiger partial charge in [0.1, 0.15) is 6.33 Å². The predicted molar refractivity (Wildman–Crippen MR) is 89.3 cm³/mol. The molecule has 0 bridgehead atoms. The van der Waals surface area contributed by atoms with Crippen molar-refractivity contribution in [3.05, 3.63) is 10.2 Å². The van der Waals surface area contributed by atoms with Gasteiger partial charge in [0.05, 0.1) is 5.54 Å². The first kappa shape index (κ1) is 16.9. The summed E-state index contributed by atoms with van der Waals surface area (Å²) in [5.41, 5.74) is 0.148. The highest BCUT2D eigenvalue weighted by Crippen LogP contribution is 2.30. The number of hydrogen-bond donors (Lipinski definition) is 0. The molecule has 1 aromatic rings. The maximum atomic E-state index is 4.45. The van der Waals surface area contributed by atoms with Crippen molar-refractivity contribution in [2.75, 3.05) is 0 Å². The van der Waals surface area contributed by atoms with Crippen LogP contribution in [0.2, 0.25) is 0 Å². The van der Waals surface area contributed by atoms with Crippen LogP contribution < -0.4 is 0 Å². The van der Waals surface area contributed by atoms with Crippen LogP contribution in [-0.4, -0.2) is 14.8 Å². The Morgan fingerprint density at radius 2 is 1.68 bits per heavy atom. The number of nitrogens with zero attached hydrogens (tertiary/aromatic N) is 3. The minimum Gasteiger partial charge on any atom is -0.235 e. The molecule has 19 heavy (non-hydrogen) atoms. The predicted octanol–water partition coefficient (Wildman–Crippen LogP) is 5.15. The van der Waals surface area contributed by atoms with Crippen molar-refractivity contribution in [2.45, 2.75) is 84.1 Å². The smallest absolute Gasteiger partial charge is 0.189 e. The van der Waals surface area contributed by atoms with Gasteiger partial charge in [0, 0.05) is 22.6 Å². The minimum atomic E-state index is 0.148. The summed E-state index contributed by atoms with van der Waals surface area (Å²) in [7, 11) is 0. The fraction of sp³-hybridized carbons (Fsp3) is 0.867. The van der Waals surface area contributed by atoms with Gasteiger partial charge in [0.15, 0.2) is 3.83 Å². The van der Waals surface area contributed by atoms with Crippen LogP contribution in [0.25, 0.3) is 0 Å². The number of rotatable bonds is 10. The summed E-state index contributed by atoms with van der Waals surface area (Å²) in [5, 5.41) is 4.45. The van der Waals surface area contributed by atoms with Crippen LogP contribution in [0.15, 0.2) is 6.33 Å². The van der Waals surface area contributed by atoms with Crippen molar-refractivity contribution in [1.29, 1.82) is 0 Å². The van der Waals surface area contributed by atoms with Crippen molar-refractivity contribution < 1.29 is 0 Å². The van der Waals surface area contributed by atoms with Gasteiger partial charge in [-0.05, 0) is 19.8 Å². The van der Waals surface area contributed by atoms with Crippen molar-refractivity contribution in [1.82, 2.24) is 14.8 Å². The third-order valence-electron chi connectivity index (χ3n) is 3.91. The SMILES string of the molecule is CCCCCCCC(C)(CCCC)n1ncnc1I. The van der Waals surface area contributed by atoms with Gasteiger partial charge in [0.25, 0.3) is 0 Å². The zero-order valence-corrected chi connectivity index (χ0v) is 14.8. The highest BCUT2D eigenvalue weighted by atomic mass is 127. The fourth-order valence-corrected chi connectivity index (χ4v) is 3.42. The second-order valence-electron chi connectivity index (χ2n) is 5.71. The third kappa shape index (κ3) is 5.40.